The maximum Gasteiger partial charge on any atom is 0.234 e. The van der Waals surface area contributed by atoms with Gasteiger partial charge in [-0.1, -0.05) is 32.0 Å². The molecule has 2 rings (SSSR count). The van der Waals surface area contributed by atoms with Gasteiger partial charge in [-0.15, -0.1) is 0 Å². The highest BCUT2D eigenvalue weighted by Gasteiger charge is 2.30. The molecule has 0 aliphatic heterocycles. The second kappa shape index (κ2) is 8.34. The van der Waals surface area contributed by atoms with Gasteiger partial charge in [0.1, 0.15) is 5.75 Å². The summed E-state index contributed by atoms with van der Waals surface area (Å²) in [5.74, 6) is 1.59. The van der Waals surface area contributed by atoms with E-state index < -0.39 is 0 Å². The molecule has 1 aromatic carbocycles. The molecule has 1 unspecified atom stereocenters. The smallest absolute Gasteiger partial charge is 0.234 e. The molecule has 1 atom stereocenters. The largest absolute Gasteiger partial charge is 0.496 e. The minimum absolute atomic E-state index is 0.0511. The van der Waals surface area contributed by atoms with E-state index in [4.69, 9.17) is 4.74 Å². The Labute approximate surface area is 140 Å². The van der Waals surface area contributed by atoms with Gasteiger partial charge in [0.2, 0.25) is 5.91 Å². The van der Waals surface area contributed by atoms with Gasteiger partial charge in [-0.3, -0.25) is 9.69 Å². The monoisotopic (exact) mass is 318 g/mol. The highest BCUT2D eigenvalue weighted by Crippen LogP contribution is 2.28. The van der Waals surface area contributed by atoms with Crippen molar-refractivity contribution >= 4 is 5.91 Å². The van der Waals surface area contributed by atoms with E-state index in [0.717, 1.165) is 24.3 Å². The molecule has 0 spiro atoms. The van der Waals surface area contributed by atoms with Crippen LogP contribution in [0.3, 0.4) is 0 Å². The zero-order valence-electron chi connectivity index (χ0n) is 14.8. The molecule has 1 aromatic rings. The quantitative estimate of drug-likeness (QED) is 0.759. The van der Waals surface area contributed by atoms with Gasteiger partial charge in [-0.25, -0.2) is 0 Å². The Morgan fingerprint density at radius 3 is 2.61 bits per heavy atom. The Morgan fingerprint density at radius 2 is 2.00 bits per heavy atom. The van der Waals surface area contributed by atoms with E-state index in [2.05, 4.69) is 24.1 Å². The minimum Gasteiger partial charge on any atom is -0.496 e. The molecule has 1 amide bonds. The lowest BCUT2D eigenvalue weighted by atomic mass is 10.1. The third kappa shape index (κ3) is 5.54. The topological polar surface area (TPSA) is 41.6 Å². The maximum absolute atomic E-state index is 12.4. The Bertz CT molecular complexity index is 512. The first-order valence-electron chi connectivity index (χ1n) is 8.67. The Kier molecular flexibility index (Phi) is 6.46. The lowest BCUT2D eigenvalue weighted by Gasteiger charge is -2.24. The lowest BCUT2D eigenvalue weighted by molar-refractivity contribution is -0.123. The number of para-hydroxylation sites is 1. The molecule has 0 saturated heterocycles. The predicted molar refractivity (Wildman–Crippen MR) is 93.6 cm³/mol. The molecule has 23 heavy (non-hydrogen) atoms. The summed E-state index contributed by atoms with van der Waals surface area (Å²) >= 11 is 0. The Balaban J connectivity index is 1.89. The van der Waals surface area contributed by atoms with Crippen LogP contribution >= 0.6 is 0 Å². The van der Waals surface area contributed by atoms with E-state index in [9.17, 15) is 4.79 Å². The second-order valence-electron chi connectivity index (χ2n) is 6.92. The first kappa shape index (κ1) is 17.8. The summed E-state index contributed by atoms with van der Waals surface area (Å²) in [6, 6.07) is 8.40. The number of carbonyl (C=O) groups is 1. The van der Waals surface area contributed by atoms with Crippen LogP contribution in [0.5, 0.6) is 5.75 Å². The Morgan fingerprint density at radius 1 is 1.30 bits per heavy atom. The standard InChI is InChI=1S/C19H30N2O2/c1-14(2)11-12-21(16-9-10-16)13-19(22)20-15(3)17-7-5-6-8-18(17)23-4/h5-8,14-16H,9-13H2,1-4H3,(H,20,22). The molecule has 1 fully saturated rings. The van der Waals surface area contributed by atoms with Gasteiger partial charge < -0.3 is 10.1 Å². The summed E-state index contributed by atoms with van der Waals surface area (Å²) in [7, 11) is 1.66. The van der Waals surface area contributed by atoms with Crippen LogP contribution < -0.4 is 10.1 Å². The molecule has 128 valence electrons. The van der Waals surface area contributed by atoms with Crippen molar-refractivity contribution in [1.82, 2.24) is 10.2 Å². The van der Waals surface area contributed by atoms with E-state index in [0.29, 0.717) is 18.5 Å². The van der Waals surface area contributed by atoms with Crippen LogP contribution in [-0.2, 0) is 4.79 Å². The van der Waals surface area contributed by atoms with Crippen molar-refractivity contribution in [1.29, 1.82) is 0 Å². The van der Waals surface area contributed by atoms with Gasteiger partial charge in [0, 0.05) is 11.6 Å². The number of rotatable bonds is 9. The van der Waals surface area contributed by atoms with Crippen LogP contribution in [-0.4, -0.2) is 37.0 Å². The van der Waals surface area contributed by atoms with E-state index in [1.807, 2.05) is 31.2 Å². The van der Waals surface area contributed by atoms with E-state index in [1.165, 1.54) is 12.8 Å². The van der Waals surface area contributed by atoms with Gasteiger partial charge in [0.05, 0.1) is 19.7 Å². The molecule has 1 aliphatic carbocycles. The van der Waals surface area contributed by atoms with Crippen molar-refractivity contribution < 1.29 is 9.53 Å². The summed E-state index contributed by atoms with van der Waals surface area (Å²) in [4.78, 5) is 14.8. The number of nitrogens with one attached hydrogen (secondary N) is 1. The van der Waals surface area contributed by atoms with Crippen molar-refractivity contribution in [3.05, 3.63) is 29.8 Å². The molecule has 0 aromatic heterocycles. The second-order valence-corrected chi connectivity index (χ2v) is 6.92. The molecule has 1 saturated carbocycles. The molecule has 1 N–H and O–H groups in total. The number of benzene rings is 1. The highest BCUT2D eigenvalue weighted by molar-refractivity contribution is 5.78. The number of carbonyl (C=O) groups excluding carboxylic acids is 1. The van der Waals surface area contributed by atoms with Crippen LogP contribution in [0, 0.1) is 5.92 Å². The molecule has 4 heteroatoms. The van der Waals surface area contributed by atoms with Gasteiger partial charge in [-0.2, -0.15) is 0 Å². The number of ether oxygens (including phenoxy) is 1. The first-order chi connectivity index (χ1) is 11.0. The van der Waals surface area contributed by atoms with Crippen molar-refractivity contribution in [2.45, 2.75) is 52.1 Å². The van der Waals surface area contributed by atoms with Crippen LogP contribution in [0.2, 0.25) is 0 Å². The minimum atomic E-state index is -0.0511. The Hall–Kier alpha value is -1.55. The van der Waals surface area contributed by atoms with Crippen molar-refractivity contribution in [2.75, 3.05) is 20.2 Å². The van der Waals surface area contributed by atoms with Crippen molar-refractivity contribution in [2.24, 2.45) is 5.92 Å². The zero-order chi connectivity index (χ0) is 16.8. The number of amides is 1. The third-order valence-electron chi connectivity index (χ3n) is 4.39. The molecule has 0 heterocycles. The van der Waals surface area contributed by atoms with Gasteiger partial charge in [-0.05, 0) is 44.7 Å². The van der Waals surface area contributed by atoms with Crippen LogP contribution in [0.15, 0.2) is 24.3 Å². The molecular weight excluding hydrogens is 288 g/mol. The summed E-state index contributed by atoms with van der Waals surface area (Å²) in [6.07, 6.45) is 3.60. The fourth-order valence-electron chi connectivity index (χ4n) is 2.83. The van der Waals surface area contributed by atoms with Crippen molar-refractivity contribution in [3.63, 3.8) is 0 Å². The number of hydrogen-bond donors (Lipinski definition) is 1. The van der Waals surface area contributed by atoms with Crippen LogP contribution in [0.1, 0.15) is 51.6 Å². The normalized spacial score (nSPS) is 15.7. The van der Waals surface area contributed by atoms with Gasteiger partial charge >= 0.3 is 0 Å². The van der Waals surface area contributed by atoms with E-state index >= 15 is 0 Å². The predicted octanol–water partition coefficient (Wildman–Crippen LogP) is 3.38. The van der Waals surface area contributed by atoms with Crippen LogP contribution in [0.4, 0.5) is 0 Å². The van der Waals surface area contributed by atoms with E-state index in [-0.39, 0.29) is 11.9 Å². The molecule has 0 radical (unpaired) electrons. The zero-order valence-corrected chi connectivity index (χ0v) is 14.8. The summed E-state index contributed by atoms with van der Waals surface area (Å²) in [5.41, 5.74) is 1.02. The van der Waals surface area contributed by atoms with Gasteiger partial charge in [0.15, 0.2) is 0 Å². The highest BCUT2D eigenvalue weighted by atomic mass is 16.5. The summed E-state index contributed by atoms with van der Waals surface area (Å²) in [6.45, 7) is 7.98. The molecular formula is C19H30N2O2. The molecule has 4 nitrogen and oxygen atoms in total. The summed E-state index contributed by atoms with van der Waals surface area (Å²) < 4.78 is 5.38. The fourth-order valence-corrected chi connectivity index (χ4v) is 2.83. The first-order valence-corrected chi connectivity index (χ1v) is 8.67. The third-order valence-corrected chi connectivity index (χ3v) is 4.39. The average molecular weight is 318 g/mol. The SMILES string of the molecule is COc1ccccc1C(C)NC(=O)CN(CCC(C)C)C1CC1. The fraction of sp³-hybridized carbons (Fsp3) is 0.632. The number of methoxy groups -OCH3 is 1. The van der Waals surface area contributed by atoms with E-state index in [1.54, 1.807) is 7.11 Å². The number of nitrogens with zero attached hydrogens (tertiary/aromatic N) is 1. The number of hydrogen-bond acceptors (Lipinski definition) is 3. The molecule has 0 bridgehead atoms. The van der Waals surface area contributed by atoms with Gasteiger partial charge in [0.25, 0.3) is 0 Å². The maximum atomic E-state index is 12.4. The van der Waals surface area contributed by atoms with Crippen molar-refractivity contribution in [3.8, 4) is 5.75 Å². The summed E-state index contributed by atoms with van der Waals surface area (Å²) in [5, 5.41) is 3.11. The van der Waals surface area contributed by atoms with Crippen LogP contribution in [0.25, 0.3) is 0 Å². The lowest BCUT2D eigenvalue weighted by Crippen LogP contribution is -2.40. The average Bonchev–Trinajstić information content (AvgIpc) is 3.35. The molecule has 1 aliphatic rings.